The van der Waals surface area contributed by atoms with Gasteiger partial charge in [-0.1, -0.05) is 31.2 Å². The monoisotopic (exact) mass is 413 g/mol. The van der Waals surface area contributed by atoms with Crippen molar-refractivity contribution in [2.45, 2.75) is 50.0 Å². The van der Waals surface area contributed by atoms with Crippen LogP contribution in [0, 0.1) is 0 Å². The first-order valence-corrected chi connectivity index (χ1v) is 11.8. The van der Waals surface area contributed by atoms with Crippen LogP contribution in [0.5, 0.6) is 0 Å². The number of nitrogens with zero attached hydrogens (tertiary/aromatic N) is 1. The molecule has 7 heteroatoms. The van der Waals surface area contributed by atoms with E-state index in [1.807, 2.05) is 25.1 Å². The molecule has 0 bridgehead atoms. The number of fused-ring (bicyclic) bond motifs is 2. The zero-order chi connectivity index (χ0) is 20.4. The summed E-state index contributed by atoms with van der Waals surface area (Å²) in [6.45, 7) is 3.20. The number of sulfonamides is 1. The summed E-state index contributed by atoms with van der Waals surface area (Å²) in [5.41, 5.74) is 3.97. The summed E-state index contributed by atoms with van der Waals surface area (Å²) in [6, 6.07) is 12.8. The maximum Gasteiger partial charge on any atom is 0.321 e. The van der Waals surface area contributed by atoms with Crippen molar-refractivity contribution >= 4 is 21.7 Å². The quantitative estimate of drug-likeness (QED) is 0.787. The summed E-state index contributed by atoms with van der Waals surface area (Å²) in [5.74, 6) is 0. The number of carbonyl (C=O) groups is 1. The fourth-order valence-corrected chi connectivity index (χ4v) is 5.52. The van der Waals surface area contributed by atoms with E-state index >= 15 is 0 Å². The molecule has 0 fully saturated rings. The molecule has 2 N–H and O–H groups in total. The smallest absolute Gasteiger partial charge is 0.321 e. The Morgan fingerprint density at radius 1 is 1.14 bits per heavy atom. The van der Waals surface area contributed by atoms with Crippen LogP contribution in [0.2, 0.25) is 0 Å². The molecule has 2 aliphatic rings. The predicted molar refractivity (Wildman–Crippen MR) is 114 cm³/mol. The molecule has 2 aromatic carbocycles. The lowest BCUT2D eigenvalue weighted by Crippen LogP contribution is -2.39. The first-order chi connectivity index (χ1) is 14.0. The summed E-state index contributed by atoms with van der Waals surface area (Å²) in [5, 5.41) is 2.88. The number of carbonyl (C=O) groups excluding carboxylic acids is 1. The van der Waals surface area contributed by atoms with Crippen LogP contribution in [-0.2, 0) is 22.9 Å². The van der Waals surface area contributed by atoms with Gasteiger partial charge in [-0.3, -0.25) is 4.90 Å². The van der Waals surface area contributed by atoms with Crippen molar-refractivity contribution in [1.82, 2.24) is 10.0 Å². The van der Waals surface area contributed by atoms with Gasteiger partial charge in [0.2, 0.25) is 10.0 Å². The van der Waals surface area contributed by atoms with Gasteiger partial charge < -0.3 is 5.32 Å². The molecule has 29 heavy (non-hydrogen) atoms. The molecular weight excluding hydrogens is 386 g/mol. The molecule has 0 saturated heterocycles. The van der Waals surface area contributed by atoms with Gasteiger partial charge in [-0.05, 0) is 67.0 Å². The highest BCUT2D eigenvalue weighted by atomic mass is 32.2. The maximum atomic E-state index is 13.1. The Labute approximate surface area is 172 Å². The first kappa shape index (κ1) is 19.9. The number of rotatable bonds is 5. The van der Waals surface area contributed by atoms with E-state index in [4.69, 9.17) is 0 Å². The summed E-state index contributed by atoms with van der Waals surface area (Å²) < 4.78 is 29.0. The molecule has 0 aromatic heterocycles. The lowest BCUT2D eigenvalue weighted by atomic mass is 9.88. The van der Waals surface area contributed by atoms with Crippen LogP contribution in [0.25, 0.3) is 0 Å². The minimum absolute atomic E-state index is 0.127. The minimum Gasteiger partial charge on any atom is -0.338 e. The molecule has 2 amide bonds. The third-order valence-electron chi connectivity index (χ3n) is 5.70. The van der Waals surface area contributed by atoms with Gasteiger partial charge in [0, 0.05) is 24.8 Å². The van der Waals surface area contributed by atoms with Crippen molar-refractivity contribution < 1.29 is 13.2 Å². The van der Waals surface area contributed by atoms with Crippen molar-refractivity contribution in [3.63, 3.8) is 0 Å². The second kappa shape index (κ2) is 8.16. The summed E-state index contributed by atoms with van der Waals surface area (Å²) in [7, 11) is -3.65. The van der Waals surface area contributed by atoms with Crippen LogP contribution in [0.4, 0.5) is 10.5 Å². The Bertz CT molecular complexity index is 1020. The molecule has 1 aliphatic heterocycles. The number of urea groups is 1. The fraction of sp³-hybridized carbons (Fsp3) is 0.409. The Balaban J connectivity index is 1.54. The number of hydrogen-bond acceptors (Lipinski definition) is 3. The van der Waals surface area contributed by atoms with Gasteiger partial charge in [0.15, 0.2) is 0 Å². The maximum absolute atomic E-state index is 13.1. The van der Waals surface area contributed by atoms with E-state index in [9.17, 15) is 13.2 Å². The van der Waals surface area contributed by atoms with Crippen molar-refractivity contribution in [2.24, 2.45) is 0 Å². The largest absolute Gasteiger partial charge is 0.338 e. The van der Waals surface area contributed by atoms with Crippen LogP contribution in [0.3, 0.4) is 0 Å². The Morgan fingerprint density at radius 2 is 1.97 bits per heavy atom. The Morgan fingerprint density at radius 3 is 2.79 bits per heavy atom. The van der Waals surface area contributed by atoms with E-state index in [-0.39, 0.29) is 17.0 Å². The average Bonchev–Trinajstić information content (AvgIpc) is 3.15. The molecule has 154 valence electrons. The van der Waals surface area contributed by atoms with E-state index in [1.54, 1.807) is 23.1 Å². The Kier molecular flexibility index (Phi) is 5.61. The number of nitrogens with one attached hydrogen (secondary N) is 2. The number of hydrogen-bond donors (Lipinski definition) is 2. The van der Waals surface area contributed by atoms with Crippen molar-refractivity contribution in [2.75, 3.05) is 18.0 Å². The molecule has 1 atom stereocenters. The van der Waals surface area contributed by atoms with Gasteiger partial charge in [-0.2, -0.15) is 0 Å². The van der Waals surface area contributed by atoms with Gasteiger partial charge in [0.05, 0.1) is 4.90 Å². The molecular formula is C22H27N3O3S. The molecule has 0 unspecified atom stereocenters. The lowest BCUT2D eigenvalue weighted by molar-refractivity contribution is 0.247. The number of anilines is 1. The topological polar surface area (TPSA) is 78.5 Å². The molecule has 0 radical (unpaired) electrons. The summed E-state index contributed by atoms with van der Waals surface area (Å²) >= 11 is 0. The SMILES string of the molecule is CCCNC(=O)N1CCc2cc(S(=O)(=O)N[C@H]3CCCc4ccccc43)ccc21. The number of amides is 2. The zero-order valence-electron chi connectivity index (χ0n) is 16.6. The van der Waals surface area contributed by atoms with Gasteiger partial charge in [-0.25, -0.2) is 17.9 Å². The van der Waals surface area contributed by atoms with Crippen LogP contribution in [0.1, 0.15) is 48.9 Å². The highest BCUT2D eigenvalue weighted by Gasteiger charge is 2.29. The van der Waals surface area contributed by atoms with E-state index in [0.717, 1.165) is 42.5 Å². The lowest BCUT2D eigenvalue weighted by Gasteiger charge is -2.26. The van der Waals surface area contributed by atoms with Gasteiger partial charge in [-0.15, -0.1) is 0 Å². The summed E-state index contributed by atoms with van der Waals surface area (Å²) in [4.78, 5) is 14.3. The van der Waals surface area contributed by atoms with E-state index in [0.29, 0.717) is 19.5 Å². The molecule has 6 nitrogen and oxygen atoms in total. The first-order valence-electron chi connectivity index (χ1n) is 10.3. The number of benzene rings is 2. The van der Waals surface area contributed by atoms with E-state index in [2.05, 4.69) is 16.1 Å². The molecule has 1 heterocycles. The van der Waals surface area contributed by atoms with Crippen LogP contribution < -0.4 is 14.9 Å². The standard InChI is InChI=1S/C22H27N3O3S/c1-2-13-23-22(26)25-14-12-17-15-18(10-11-21(17)25)29(27,28)24-20-9-5-7-16-6-3-4-8-19(16)20/h3-4,6,8,10-11,15,20,24H,2,5,7,9,12-14H2,1H3,(H,23,26)/t20-/m0/s1. The van der Waals surface area contributed by atoms with Crippen LogP contribution >= 0.6 is 0 Å². The highest BCUT2D eigenvalue weighted by Crippen LogP contribution is 2.33. The van der Waals surface area contributed by atoms with Crippen molar-refractivity contribution in [3.05, 3.63) is 59.2 Å². The molecule has 0 spiro atoms. The van der Waals surface area contributed by atoms with Gasteiger partial charge in [0.25, 0.3) is 0 Å². The van der Waals surface area contributed by atoms with Crippen LogP contribution in [0.15, 0.2) is 47.4 Å². The summed E-state index contributed by atoms with van der Waals surface area (Å²) in [6.07, 6.45) is 4.29. The minimum atomic E-state index is -3.65. The molecule has 1 aliphatic carbocycles. The molecule has 0 saturated carbocycles. The van der Waals surface area contributed by atoms with Crippen molar-refractivity contribution in [3.8, 4) is 0 Å². The average molecular weight is 414 g/mol. The van der Waals surface area contributed by atoms with Gasteiger partial charge >= 0.3 is 6.03 Å². The second-order valence-corrected chi connectivity index (χ2v) is 9.40. The van der Waals surface area contributed by atoms with Crippen molar-refractivity contribution in [1.29, 1.82) is 0 Å². The van der Waals surface area contributed by atoms with Crippen LogP contribution in [-0.4, -0.2) is 27.5 Å². The second-order valence-electron chi connectivity index (χ2n) is 7.69. The van der Waals surface area contributed by atoms with E-state index in [1.165, 1.54) is 5.56 Å². The predicted octanol–water partition coefficient (Wildman–Crippen LogP) is 3.52. The highest BCUT2D eigenvalue weighted by molar-refractivity contribution is 7.89. The fourth-order valence-electron chi connectivity index (χ4n) is 4.22. The number of aryl methyl sites for hydroxylation is 1. The normalized spacial score (nSPS) is 18.2. The zero-order valence-corrected chi connectivity index (χ0v) is 17.5. The third-order valence-corrected chi connectivity index (χ3v) is 7.16. The molecule has 2 aromatic rings. The van der Waals surface area contributed by atoms with E-state index < -0.39 is 10.0 Å². The third kappa shape index (κ3) is 4.02. The Hall–Kier alpha value is -2.38. The molecule has 4 rings (SSSR count). The van der Waals surface area contributed by atoms with Gasteiger partial charge in [0.1, 0.15) is 0 Å².